The Hall–Kier alpha value is -0.780. The minimum atomic E-state index is 0.267. The number of fused-ring (bicyclic) bond motifs is 1. The van der Waals surface area contributed by atoms with E-state index in [1.807, 2.05) is 16.7 Å². The molecule has 1 aliphatic heterocycles. The third-order valence-electron chi connectivity index (χ3n) is 2.46. The third kappa shape index (κ3) is 1.28. The van der Waals surface area contributed by atoms with Crippen LogP contribution in [0.3, 0.4) is 0 Å². The molecule has 0 amide bonds. The molecule has 3 heterocycles. The van der Waals surface area contributed by atoms with Crippen molar-refractivity contribution in [1.29, 1.82) is 0 Å². The molecule has 0 spiro atoms. The van der Waals surface area contributed by atoms with Gasteiger partial charge in [-0.2, -0.15) is 0 Å². The molecule has 3 rings (SSSR count). The highest BCUT2D eigenvalue weighted by Crippen LogP contribution is 2.31. The standard InChI is InChI=1S/C9H9N3S2/c1-3-10-9(7-5-14-12-11-7)6-2-4-13-8(1)6/h2,4-5,9-10H,1,3H2. The first-order valence-corrected chi connectivity index (χ1v) is 6.23. The Kier molecular flexibility index (Phi) is 2.08. The number of nitrogens with zero attached hydrogens (tertiary/aromatic N) is 2. The Morgan fingerprint density at radius 1 is 1.50 bits per heavy atom. The molecule has 1 atom stereocenters. The van der Waals surface area contributed by atoms with Gasteiger partial charge in [0.25, 0.3) is 0 Å². The summed E-state index contributed by atoms with van der Waals surface area (Å²) in [6.07, 6.45) is 1.14. The van der Waals surface area contributed by atoms with Crippen LogP contribution in [0.15, 0.2) is 16.8 Å². The van der Waals surface area contributed by atoms with Gasteiger partial charge in [-0.05, 0) is 35.0 Å². The van der Waals surface area contributed by atoms with Crippen LogP contribution in [0.2, 0.25) is 0 Å². The molecular weight excluding hydrogens is 214 g/mol. The van der Waals surface area contributed by atoms with Crippen LogP contribution in [0.4, 0.5) is 0 Å². The lowest BCUT2D eigenvalue weighted by atomic mass is 10.0. The van der Waals surface area contributed by atoms with Gasteiger partial charge in [0.15, 0.2) is 0 Å². The first kappa shape index (κ1) is 8.52. The van der Waals surface area contributed by atoms with E-state index in [1.54, 1.807) is 0 Å². The fourth-order valence-corrected chi connectivity index (χ4v) is 3.21. The van der Waals surface area contributed by atoms with E-state index in [0.29, 0.717) is 0 Å². The summed E-state index contributed by atoms with van der Waals surface area (Å²) >= 11 is 3.25. The Morgan fingerprint density at radius 3 is 3.36 bits per heavy atom. The summed E-state index contributed by atoms with van der Waals surface area (Å²) in [6, 6.07) is 2.46. The van der Waals surface area contributed by atoms with Gasteiger partial charge in [0, 0.05) is 16.8 Å². The number of aromatic nitrogens is 2. The second-order valence-electron chi connectivity index (χ2n) is 3.27. The highest BCUT2D eigenvalue weighted by atomic mass is 32.1. The summed E-state index contributed by atoms with van der Waals surface area (Å²) in [6.45, 7) is 1.04. The van der Waals surface area contributed by atoms with Crippen LogP contribution in [0.5, 0.6) is 0 Å². The molecule has 3 nitrogen and oxygen atoms in total. The molecule has 14 heavy (non-hydrogen) atoms. The lowest BCUT2D eigenvalue weighted by molar-refractivity contribution is 0.562. The van der Waals surface area contributed by atoms with Crippen LogP contribution in [-0.2, 0) is 6.42 Å². The maximum Gasteiger partial charge on any atom is 0.0970 e. The Morgan fingerprint density at radius 2 is 2.50 bits per heavy atom. The summed E-state index contributed by atoms with van der Waals surface area (Å²) < 4.78 is 3.91. The highest BCUT2D eigenvalue weighted by molar-refractivity contribution is 7.10. The maximum atomic E-state index is 4.13. The van der Waals surface area contributed by atoms with Crippen LogP contribution in [0.25, 0.3) is 0 Å². The molecular formula is C9H9N3S2. The first-order chi connectivity index (χ1) is 6.95. The summed E-state index contributed by atoms with van der Waals surface area (Å²) in [5.74, 6) is 0. The van der Waals surface area contributed by atoms with Crippen molar-refractivity contribution >= 4 is 22.9 Å². The zero-order valence-corrected chi connectivity index (χ0v) is 9.07. The zero-order valence-electron chi connectivity index (χ0n) is 7.43. The predicted octanol–water partition coefficient (Wildman–Crippen LogP) is 1.83. The summed E-state index contributed by atoms with van der Waals surface area (Å²) in [7, 11) is 0. The molecule has 0 radical (unpaired) electrons. The molecule has 0 aromatic carbocycles. The average Bonchev–Trinajstić information content (AvgIpc) is 2.88. The van der Waals surface area contributed by atoms with Crippen molar-refractivity contribution in [3.8, 4) is 0 Å². The predicted molar refractivity (Wildman–Crippen MR) is 57.8 cm³/mol. The maximum absolute atomic E-state index is 4.13. The van der Waals surface area contributed by atoms with Gasteiger partial charge in [0.05, 0.1) is 11.7 Å². The monoisotopic (exact) mass is 223 g/mol. The Balaban J connectivity index is 2.04. The highest BCUT2D eigenvalue weighted by Gasteiger charge is 2.23. The van der Waals surface area contributed by atoms with Crippen molar-refractivity contribution in [2.75, 3.05) is 6.54 Å². The van der Waals surface area contributed by atoms with Crippen LogP contribution in [0, 0.1) is 0 Å². The average molecular weight is 223 g/mol. The minimum absolute atomic E-state index is 0.267. The van der Waals surface area contributed by atoms with E-state index in [1.165, 1.54) is 22.0 Å². The van der Waals surface area contributed by atoms with Crippen molar-refractivity contribution in [3.63, 3.8) is 0 Å². The van der Waals surface area contributed by atoms with Gasteiger partial charge in [-0.3, -0.25) is 0 Å². The van der Waals surface area contributed by atoms with E-state index in [4.69, 9.17) is 0 Å². The molecule has 0 aliphatic carbocycles. The summed E-state index contributed by atoms with van der Waals surface area (Å²) in [5.41, 5.74) is 2.43. The Bertz CT molecular complexity index is 421. The van der Waals surface area contributed by atoms with Crippen LogP contribution in [0.1, 0.15) is 22.2 Å². The topological polar surface area (TPSA) is 37.8 Å². The van der Waals surface area contributed by atoms with E-state index in [-0.39, 0.29) is 6.04 Å². The normalized spacial score (nSPS) is 20.7. The second-order valence-corrected chi connectivity index (χ2v) is 4.88. The lowest BCUT2D eigenvalue weighted by Crippen LogP contribution is -2.29. The van der Waals surface area contributed by atoms with E-state index in [0.717, 1.165) is 18.7 Å². The van der Waals surface area contributed by atoms with Crippen LogP contribution < -0.4 is 5.32 Å². The Labute approximate surface area is 90.0 Å². The fraction of sp³-hybridized carbons (Fsp3) is 0.333. The quantitative estimate of drug-likeness (QED) is 0.801. The van der Waals surface area contributed by atoms with Crippen molar-refractivity contribution in [2.45, 2.75) is 12.5 Å². The molecule has 5 heteroatoms. The smallest absolute Gasteiger partial charge is 0.0970 e. The van der Waals surface area contributed by atoms with Crippen molar-refractivity contribution in [1.82, 2.24) is 14.9 Å². The summed E-state index contributed by atoms with van der Waals surface area (Å²) in [4.78, 5) is 1.49. The van der Waals surface area contributed by atoms with Gasteiger partial charge >= 0.3 is 0 Å². The molecule has 2 aromatic rings. The molecule has 2 aromatic heterocycles. The van der Waals surface area contributed by atoms with E-state index >= 15 is 0 Å². The molecule has 72 valence electrons. The molecule has 1 N–H and O–H groups in total. The van der Waals surface area contributed by atoms with Gasteiger partial charge in [-0.1, -0.05) is 4.49 Å². The van der Waals surface area contributed by atoms with Gasteiger partial charge < -0.3 is 5.32 Å². The zero-order chi connectivity index (χ0) is 9.38. The molecule has 1 aliphatic rings. The number of rotatable bonds is 1. The van der Waals surface area contributed by atoms with Crippen LogP contribution >= 0.6 is 22.9 Å². The molecule has 0 fully saturated rings. The molecule has 1 unspecified atom stereocenters. The number of hydrogen-bond donors (Lipinski definition) is 1. The first-order valence-electron chi connectivity index (χ1n) is 4.52. The number of hydrogen-bond acceptors (Lipinski definition) is 5. The minimum Gasteiger partial charge on any atom is -0.304 e. The van der Waals surface area contributed by atoms with Crippen LogP contribution in [-0.4, -0.2) is 16.1 Å². The summed E-state index contributed by atoms with van der Waals surface area (Å²) in [5, 5.41) is 11.8. The third-order valence-corrected chi connectivity index (χ3v) is 3.98. The SMILES string of the molecule is c1cc2c(s1)CCNC2c1csnn1. The van der Waals surface area contributed by atoms with Crippen molar-refractivity contribution in [3.05, 3.63) is 33.0 Å². The number of thiophene rings is 1. The number of nitrogens with one attached hydrogen (secondary N) is 1. The van der Waals surface area contributed by atoms with E-state index in [9.17, 15) is 0 Å². The van der Waals surface area contributed by atoms with Crippen molar-refractivity contribution in [2.24, 2.45) is 0 Å². The van der Waals surface area contributed by atoms with Crippen molar-refractivity contribution < 1.29 is 0 Å². The van der Waals surface area contributed by atoms with Gasteiger partial charge in [-0.25, -0.2) is 0 Å². The van der Waals surface area contributed by atoms with E-state index in [2.05, 4.69) is 26.4 Å². The van der Waals surface area contributed by atoms with Gasteiger partial charge in [-0.15, -0.1) is 16.4 Å². The second kappa shape index (κ2) is 3.42. The van der Waals surface area contributed by atoms with Gasteiger partial charge in [0.1, 0.15) is 0 Å². The lowest BCUT2D eigenvalue weighted by Gasteiger charge is -2.22. The fourth-order valence-electron chi connectivity index (χ4n) is 1.81. The van der Waals surface area contributed by atoms with E-state index < -0.39 is 0 Å². The molecule has 0 bridgehead atoms. The van der Waals surface area contributed by atoms with Gasteiger partial charge in [0.2, 0.25) is 0 Å². The largest absolute Gasteiger partial charge is 0.304 e. The molecule has 0 saturated heterocycles. The molecule has 0 saturated carbocycles.